The number of anilines is 3. The van der Waals surface area contributed by atoms with Crippen LogP contribution in [0.25, 0.3) is 0 Å². The predicted molar refractivity (Wildman–Crippen MR) is 105 cm³/mol. The average molecular weight is 344 g/mol. The van der Waals surface area contributed by atoms with Crippen molar-refractivity contribution in [2.45, 2.75) is 6.61 Å². The Morgan fingerprint density at radius 2 is 1.69 bits per heavy atom. The third kappa shape index (κ3) is 3.62. The summed E-state index contributed by atoms with van der Waals surface area (Å²) in [5.41, 5.74) is 9.75. The van der Waals surface area contributed by atoms with E-state index in [4.69, 9.17) is 10.5 Å². The standard InChI is InChI=1S/C21H20N4O/c22-17-4-3-6-20(14-17)25-13-12-24(16-25)19-7-9-21(10-8-19)26-15-18-5-1-2-11-23-18/h1-14H,15-16,22H2. The molecule has 0 unspecified atom stereocenters. The lowest BCUT2D eigenvalue weighted by Gasteiger charge is -2.22. The first-order chi connectivity index (χ1) is 12.8. The van der Waals surface area contributed by atoms with Crippen LogP contribution < -0.4 is 20.3 Å². The summed E-state index contributed by atoms with van der Waals surface area (Å²) in [6, 6.07) is 21.8. The van der Waals surface area contributed by atoms with E-state index in [0.717, 1.165) is 35.2 Å². The van der Waals surface area contributed by atoms with Crippen LogP contribution >= 0.6 is 0 Å². The minimum atomic E-state index is 0.465. The molecule has 2 N–H and O–H groups in total. The van der Waals surface area contributed by atoms with Gasteiger partial charge >= 0.3 is 0 Å². The van der Waals surface area contributed by atoms with Gasteiger partial charge in [0, 0.05) is 35.7 Å². The van der Waals surface area contributed by atoms with Crippen molar-refractivity contribution in [3.8, 4) is 5.75 Å². The Morgan fingerprint density at radius 3 is 2.42 bits per heavy atom. The Balaban J connectivity index is 1.38. The molecule has 0 spiro atoms. The number of pyridine rings is 1. The number of hydrogen-bond donors (Lipinski definition) is 1. The number of ether oxygens (including phenoxy) is 1. The van der Waals surface area contributed by atoms with Gasteiger partial charge in [-0.05, 0) is 54.6 Å². The van der Waals surface area contributed by atoms with Gasteiger partial charge in [-0.2, -0.15) is 0 Å². The second kappa shape index (κ2) is 7.19. The van der Waals surface area contributed by atoms with Crippen molar-refractivity contribution in [3.63, 3.8) is 0 Å². The van der Waals surface area contributed by atoms with E-state index in [9.17, 15) is 0 Å². The molecule has 0 amide bonds. The predicted octanol–water partition coefficient (Wildman–Crippen LogP) is 4.00. The van der Waals surface area contributed by atoms with Gasteiger partial charge in [0.15, 0.2) is 0 Å². The molecule has 4 rings (SSSR count). The topological polar surface area (TPSA) is 54.6 Å². The number of nitrogens with two attached hydrogens (primary N) is 1. The highest BCUT2D eigenvalue weighted by Crippen LogP contribution is 2.26. The van der Waals surface area contributed by atoms with E-state index < -0.39 is 0 Å². The Morgan fingerprint density at radius 1 is 0.885 bits per heavy atom. The first kappa shape index (κ1) is 16.0. The molecule has 130 valence electrons. The normalized spacial score (nSPS) is 13.2. The molecule has 3 aromatic rings. The molecule has 2 heterocycles. The van der Waals surface area contributed by atoms with E-state index >= 15 is 0 Å². The highest BCUT2D eigenvalue weighted by Gasteiger charge is 2.15. The molecule has 0 bridgehead atoms. The van der Waals surface area contributed by atoms with Crippen molar-refractivity contribution in [2.75, 3.05) is 22.2 Å². The fourth-order valence-corrected chi connectivity index (χ4v) is 2.83. The zero-order valence-electron chi connectivity index (χ0n) is 14.3. The average Bonchev–Trinajstić information content (AvgIpc) is 3.18. The number of hydrogen-bond acceptors (Lipinski definition) is 5. The van der Waals surface area contributed by atoms with Gasteiger partial charge in [-0.1, -0.05) is 12.1 Å². The van der Waals surface area contributed by atoms with Crippen LogP contribution in [0.15, 0.2) is 85.3 Å². The lowest BCUT2D eigenvalue weighted by Crippen LogP contribution is -2.24. The Bertz CT molecular complexity index is 893. The summed E-state index contributed by atoms with van der Waals surface area (Å²) < 4.78 is 5.79. The van der Waals surface area contributed by atoms with Crippen LogP contribution in [0.1, 0.15) is 5.69 Å². The quantitative estimate of drug-likeness (QED) is 0.709. The maximum atomic E-state index is 5.88. The summed E-state index contributed by atoms with van der Waals surface area (Å²) in [5, 5.41) is 0. The summed E-state index contributed by atoms with van der Waals surface area (Å²) in [6.45, 7) is 1.21. The molecule has 0 atom stereocenters. The highest BCUT2D eigenvalue weighted by atomic mass is 16.5. The van der Waals surface area contributed by atoms with Crippen molar-refractivity contribution in [1.29, 1.82) is 0 Å². The second-order valence-corrected chi connectivity index (χ2v) is 6.08. The van der Waals surface area contributed by atoms with Gasteiger partial charge in [0.05, 0.1) is 12.4 Å². The monoisotopic (exact) mass is 344 g/mol. The molecular weight excluding hydrogens is 324 g/mol. The summed E-state index contributed by atoms with van der Waals surface area (Å²) >= 11 is 0. The van der Waals surface area contributed by atoms with Crippen molar-refractivity contribution in [3.05, 3.63) is 91.0 Å². The van der Waals surface area contributed by atoms with E-state index in [1.165, 1.54) is 0 Å². The van der Waals surface area contributed by atoms with Crippen molar-refractivity contribution < 1.29 is 4.74 Å². The minimum Gasteiger partial charge on any atom is -0.487 e. The van der Waals surface area contributed by atoms with Crippen LogP contribution in [0.5, 0.6) is 5.75 Å². The number of benzene rings is 2. The van der Waals surface area contributed by atoms with Crippen LogP contribution in [0, 0.1) is 0 Å². The zero-order valence-corrected chi connectivity index (χ0v) is 14.3. The van der Waals surface area contributed by atoms with E-state index in [-0.39, 0.29) is 0 Å². The third-order valence-corrected chi connectivity index (χ3v) is 4.21. The lowest BCUT2D eigenvalue weighted by atomic mass is 10.2. The number of nitrogen functional groups attached to an aromatic ring is 1. The van der Waals surface area contributed by atoms with Crippen LogP contribution in [-0.4, -0.2) is 11.7 Å². The fourth-order valence-electron chi connectivity index (χ4n) is 2.83. The maximum absolute atomic E-state index is 5.88. The first-order valence-corrected chi connectivity index (χ1v) is 8.48. The van der Waals surface area contributed by atoms with Crippen molar-refractivity contribution in [1.82, 2.24) is 4.98 Å². The van der Waals surface area contributed by atoms with E-state index in [1.54, 1.807) is 6.20 Å². The van der Waals surface area contributed by atoms with Gasteiger partial charge in [0.25, 0.3) is 0 Å². The molecule has 1 aliphatic rings. The molecule has 0 fully saturated rings. The van der Waals surface area contributed by atoms with Crippen LogP contribution in [0.4, 0.5) is 17.1 Å². The fraction of sp³-hybridized carbons (Fsp3) is 0.0952. The second-order valence-electron chi connectivity index (χ2n) is 6.08. The van der Waals surface area contributed by atoms with Crippen LogP contribution in [0.2, 0.25) is 0 Å². The lowest BCUT2D eigenvalue weighted by molar-refractivity contribution is 0.301. The van der Waals surface area contributed by atoms with E-state index in [1.807, 2.05) is 48.5 Å². The van der Waals surface area contributed by atoms with E-state index in [2.05, 4.69) is 45.4 Å². The van der Waals surface area contributed by atoms with Crippen molar-refractivity contribution in [2.24, 2.45) is 0 Å². The Hall–Kier alpha value is -3.47. The molecule has 5 nitrogen and oxygen atoms in total. The molecule has 1 aromatic heterocycles. The minimum absolute atomic E-state index is 0.465. The number of nitrogens with zero attached hydrogens (tertiary/aromatic N) is 3. The molecule has 0 radical (unpaired) electrons. The molecule has 2 aromatic carbocycles. The van der Waals surface area contributed by atoms with Crippen LogP contribution in [0.3, 0.4) is 0 Å². The van der Waals surface area contributed by atoms with Gasteiger partial charge in [0.2, 0.25) is 0 Å². The maximum Gasteiger partial charge on any atom is 0.130 e. The van der Waals surface area contributed by atoms with Gasteiger partial charge in [0.1, 0.15) is 12.4 Å². The van der Waals surface area contributed by atoms with Crippen LogP contribution in [-0.2, 0) is 6.61 Å². The van der Waals surface area contributed by atoms with Gasteiger partial charge < -0.3 is 20.3 Å². The third-order valence-electron chi connectivity index (χ3n) is 4.21. The SMILES string of the molecule is Nc1cccc(N2C=CN(c3ccc(OCc4ccccn4)cc3)C2)c1. The highest BCUT2D eigenvalue weighted by molar-refractivity contribution is 5.62. The molecule has 0 saturated heterocycles. The summed E-state index contributed by atoms with van der Waals surface area (Å²) in [7, 11) is 0. The van der Waals surface area contributed by atoms with Crippen molar-refractivity contribution >= 4 is 17.1 Å². The molecule has 26 heavy (non-hydrogen) atoms. The number of rotatable bonds is 5. The number of aromatic nitrogens is 1. The summed E-state index contributed by atoms with van der Waals surface area (Å²) in [6.07, 6.45) is 5.89. The van der Waals surface area contributed by atoms with Gasteiger partial charge in [-0.15, -0.1) is 0 Å². The van der Waals surface area contributed by atoms with Gasteiger partial charge in [-0.25, -0.2) is 0 Å². The van der Waals surface area contributed by atoms with Gasteiger partial charge in [-0.3, -0.25) is 4.98 Å². The molecule has 0 aliphatic carbocycles. The molecule has 0 saturated carbocycles. The summed E-state index contributed by atoms with van der Waals surface area (Å²) in [5.74, 6) is 0.829. The van der Waals surface area contributed by atoms with E-state index in [0.29, 0.717) is 6.61 Å². The summed E-state index contributed by atoms with van der Waals surface area (Å²) in [4.78, 5) is 8.59. The molecule has 1 aliphatic heterocycles. The molecular formula is C21H20N4O. The largest absolute Gasteiger partial charge is 0.487 e. The first-order valence-electron chi connectivity index (χ1n) is 8.48. The Kier molecular flexibility index (Phi) is 4.43. The smallest absolute Gasteiger partial charge is 0.130 e. The Labute approximate surface area is 153 Å². The molecule has 5 heteroatoms. The zero-order chi connectivity index (χ0) is 17.8.